The number of carbonyl (C=O) groups excluding carboxylic acids is 3. The highest BCUT2D eigenvalue weighted by Gasteiger charge is 2.25. The molecule has 4 aromatic rings. The molecule has 236 valence electrons. The fraction of sp³-hybridized carbons (Fsp3) is 0.206. The van der Waals surface area contributed by atoms with E-state index < -0.39 is 23.9 Å². The summed E-state index contributed by atoms with van der Waals surface area (Å²) < 4.78 is 0. The van der Waals surface area contributed by atoms with Gasteiger partial charge in [-0.3, -0.25) is 19.4 Å². The van der Waals surface area contributed by atoms with Crippen LogP contribution < -0.4 is 20.9 Å². The summed E-state index contributed by atoms with van der Waals surface area (Å²) in [7, 11) is 0. The lowest BCUT2D eigenvalue weighted by Gasteiger charge is -2.37. The maximum Gasteiger partial charge on any atom is 0.323 e. The number of carboxylic acid groups (broad SMARTS) is 1. The van der Waals surface area contributed by atoms with E-state index in [0.717, 1.165) is 5.56 Å². The van der Waals surface area contributed by atoms with Crippen LogP contribution in [-0.2, 0) is 16.0 Å². The molecule has 4 N–H and O–H groups in total. The first-order valence-electron chi connectivity index (χ1n) is 14.7. The number of hydrogen-bond donors (Lipinski definition) is 4. The third-order valence-corrected chi connectivity index (χ3v) is 7.80. The molecule has 1 aliphatic heterocycles. The summed E-state index contributed by atoms with van der Waals surface area (Å²) in [5.74, 6) is -1.55. The summed E-state index contributed by atoms with van der Waals surface area (Å²) in [6.45, 7) is 2.01. The number of benzene rings is 3. The van der Waals surface area contributed by atoms with Crippen LogP contribution in [0.4, 0.5) is 21.9 Å². The average molecular weight is 641 g/mol. The van der Waals surface area contributed by atoms with Crippen molar-refractivity contribution in [3.05, 3.63) is 119 Å². The summed E-state index contributed by atoms with van der Waals surface area (Å²) >= 11 is 5.97. The summed E-state index contributed by atoms with van der Waals surface area (Å²) in [6.07, 6.45) is 3.06. The smallest absolute Gasteiger partial charge is 0.323 e. The van der Waals surface area contributed by atoms with Gasteiger partial charge in [-0.05, 0) is 59.7 Å². The molecule has 0 saturated carbocycles. The minimum absolute atomic E-state index is 0.0445. The molecule has 1 atom stereocenters. The number of piperazine rings is 1. The molecule has 1 fully saturated rings. The molecule has 0 aliphatic carbocycles. The Morgan fingerprint density at radius 3 is 2.28 bits per heavy atom. The van der Waals surface area contributed by atoms with Crippen LogP contribution in [0.5, 0.6) is 0 Å². The first-order valence-corrected chi connectivity index (χ1v) is 15.1. The number of aliphatic carboxylic acids is 1. The zero-order valence-electron chi connectivity index (χ0n) is 24.9. The number of urea groups is 1. The fourth-order valence-corrected chi connectivity index (χ4v) is 5.33. The Balaban J connectivity index is 1.34. The molecule has 0 radical (unpaired) electrons. The summed E-state index contributed by atoms with van der Waals surface area (Å²) in [6, 6.07) is 23.2. The summed E-state index contributed by atoms with van der Waals surface area (Å²) in [4.78, 5) is 58.9. The van der Waals surface area contributed by atoms with Crippen LogP contribution in [0.3, 0.4) is 0 Å². The number of rotatable bonds is 10. The molecule has 4 amide bonds. The van der Waals surface area contributed by atoms with E-state index in [2.05, 4.69) is 25.8 Å². The number of nitrogens with one attached hydrogen (secondary N) is 3. The molecule has 2 heterocycles. The van der Waals surface area contributed by atoms with E-state index in [1.54, 1.807) is 60.8 Å². The maximum absolute atomic E-state index is 13.4. The van der Waals surface area contributed by atoms with Crippen LogP contribution >= 0.6 is 11.6 Å². The highest BCUT2D eigenvalue weighted by atomic mass is 35.5. The van der Waals surface area contributed by atoms with Crippen LogP contribution in [0.1, 0.15) is 33.9 Å². The molecule has 0 bridgehead atoms. The number of carboxylic acids is 1. The standard InChI is InChI=1S/C34H33ClN6O5/c35-26-9-11-27(12-10-26)37-34(46)39-29-20-24(33(45)38-28(21-32(43)44)25-7-4-14-36-22-25)8-13-30(29)40-15-17-41(18-16-40)31(42)19-23-5-2-1-3-6-23/h1-14,20,22,28H,15-19,21H2,(H,38,45)(H,43,44)(H2,37,39,46). The van der Waals surface area contributed by atoms with Gasteiger partial charge in [0.15, 0.2) is 0 Å². The number of carbonyl (C=O) groups is 4. The van der Waals surface area contributed by atoms with Crippen LogP contribution in [0.25, 0.3) is 0 Å². The second kappa shape index (κ2) is 15.0. The lowest BCUT2D eigenvalue weighted by Crippen LogP contribution is -2.49. The third kappa shape index (κ3) is 8.60. The number of nitrogens with zero attached hydrogens (tertiary/aromatic N) is 3. The number of amides is 4. The number of pyridine rings is 1. The quantitative estimate of drug-likeness (QED) is 0.186. The van der Waals surface area contributed by atoms with E-state index in [0.29, 0.717) is 60.2 Å². The van der Waals surface area contributed by atoms with Crippen molar-refractivity contribution in [2.24, 2.45) is 0 Å². The van der Waals surface area contributed by atoms with Crippen molar-refractivity contribution in [1.29, 1.82) is 0 Å². The molecule has 12 heteroatoms. The van der Waals surface area contributed by atoms with E-state index in [4.69, 9.17) is 11.6 Å². The van der Waals surface area contributed by atoms with Crippen molar-refractivity contribution < 1.29 is 24.3 Å². The number of aromatic nitrogens is 1. The van der Waals surface area contributed by atoms with Gasteiger partial charge in [-0.15, -0.1) is 0 Å². The van der Waals surface area contributed by atoms with Crippen molar-refractivity contribution in [3.8, 4) is 0 Å². The maximum atomic E-state index is 13.4. The van der Waals surface area contributed by atoms with Crippen molar-refractivity contribution in [1.82, 2.24) is 15.2 Å². The lowest BCUT2D eigenvalue weighted by molar-refractivity contribution is -0.137. The molecule has 0 spiro atoms. The van der Waals surface area contributed by atoms with Gasteiger partial charge in [-0.1, -0.05) is 48.0 Å². The van der Waals surface area contributed by atoms with Crippen molar-refractivity contribution >= 4 is 52.5 Å². The van der Waals surface area contributed by atoms with Crippen LogP contribution in [-0.4, -0.2) is 65.0 Å². The zero-order valence-corrected chi connectivity index (χ0v) is 25.6. The SMILES string of the molecule is O=C(O)CC(NC(=O)c1ccc(N2CCN(C(=O)Cc3ccccc3)CC2)c(NC(=O)Nc2ccc(Cl)cc2)c1)c1cccnc1. The molecule has 1 unspecified atom stereocenters. The monoisotopic (exact) mass is 640 g/mol. The Morgan fingerprint density at radius 1 is 0.870 bits per heavy atom. The van der Waals surface area contributed by atoms with Gasteiger partial charge in [0.1, 0.15) is 0 Å². The molecule has 1 saturated heterocycles. The van der Waals surface area contributed by atoms with Crippen LogP contribution in [0.15, 0.2) is 97.3 Å². The number of anilines is 3. The minimum Gasteiger partial charge on any atom is -0.481 e. The second-order valence-electron chi connectivity index (χ2n) is 10.8. The van der Waals surface area contributed by atoms with Gasteiger partial charge in [0, 0.05) is 54.8 Å². The fourth-order valence-electron chi connectivity index (χ4n) is 5.20. The largest absolute Gasteiger partial charge is 0.481 e. The van der Waals surface area contributed by atoms with Gasteiger partial charge in [-0.25, -0.2) is 4.79 Å². The van der Waals surface area contributed by atoms with Gasteiger partial charge in [-0.2, -0.15) is 0 Å². The van der Waals surface area contributed by atoms with Crippen molar-refractivity contribution in [3.63, 3.8) is 0 Å². The Morgan fingerprint density at radius 2 is 1.61 bits per heavy atom. The van der Waals surface area contributed by atoms with Crippen molar-refractivity contribution in [2.45, 2.75) is 18.9 Å². The summed E-state index contributed by atoms with van der Waals surface area (Å²) in [5.41, 5.74) is 3.30. The Hall–Kier alpha value is -5.42. The van der Waals surface area contributed by atoms with Crippen LogP contribution in [0.2, 0.25) is 5.02 Å². The van der Waals surface area contributed by atoms with E-state index in [-0.39, 0.29) is 17.9 Å². The van der Waals surface area contributed by atoms with E-state index in [1.165, 1.54) is 6.20 Å². The Kier molecular flexibility index (Phi) is 10.5. The normalized spacial score (nSPS) is 13.4. The molecule has 3 aromatic carbocycles. The van der Waals surface area contributed by atoms with Gasteiger partial charge in [0.2, 0.25) is 5.91 Å². The summed E-state index contributed by atoms with van der Waals surface area (Å²) in [5, 5.41) is 18.4. The highest BCUT2D eigenvalue weighted by Crippen LogP contribution is 2.30. The highest BCUT2D eigenvalue weighted by molar-refractivity contribution is 6.30. The molecule has 46 heavy (non-hydrogen) atoms. The Bertz CT molecular complexity index is 1680. The molecule has 1 aromatic heterocycles. The first-order chi connectivity index (χ1) is 22.2. The van der Waals surface area contributed by atoms with E-state index >= 15 is 0 Å². The van der Waals surface area contributed by atoms with Gasteiger partial charge >= 0.3 is 12.0 Å². The van der Waals surface area contributed by atoms with E-state index in [9.17, 15) is 24.3 Å². The van der Waals surface area contributed by atoms with Crippen LogP contribution in [0, 0.1) is 0 Å². The van der Waals surface area contributed by atoms with E-state index in [1.807, 2.05) is 35.2 Å². The number of hydrogen-bond acceptors (Lipinski definition) is 6. The molecular weight excluding hydrogens is 608 g/mol. The minimum atomic E-state index is -1.08. The molecule has 5 rings (SSSR count). The topological polar surface area (TPSA) is 144 Å². The van der Waals surface area contributed by atoms with Gasteiger partial charge < -0.3 is 30.9 Å². The first kappa shape index (κ1) is 32.0. The zero-order chi connectivity index (χ0) is 32.5. The van der Waals surface area contributed by atoms with Crippen molar-refractivity contribution in [2.75, 3.05) is 41.7 Å². The molecule has 11 nitrogen and oxygen atoms in total. The average Bonchev–Trinajstić information content (AvgIpc) is 3.06. The molecule has 1 aliphatic rings. The molecular formula is C34H33ClN6O5. The van der Waals surface area contributed by atoms with Gasteiger partial charge in [0.25, 0.3) is 5.91 Å². The van der Waals surface area contributed by atoms with Gasteiger partial charge in [0.05, 0.1) is 30.3 Å². The second-order valence-corrected chi connectivity index (χ2v) is 11.2. The predicted molar refractivity (Wildman–Crippen MR) is 176 cm³/mol. The third-order valence-electron chi connectivity index (χ3n) is 7.55. The lowest BCUT2D eigenvalue weighted by atomic mass is 10.0. The number of halogens is 1. The predicted octanol–water partition coefficient (Wildman–Crippen LogP) is 5.22. The Labute approximate surface area is 271 Å².